The molecule has 0 aliphatic heterocycles. The van der Waals surface area contributed by atoms with Crippen molar-refractivity contribution in [3.63, 3.8) is 0 Å². The second kappa shape index (κ2) is 8.76. The summed E-state index contributed by atoms with van der Waals surface area (Å²) in [5.41, 5.74) is 0. The lowest BCUT2D eigenvalue weighted by Crippen LogP contribution is -2.08. The van der Waals surface area contributed by atoms with Crippen LogP contribution < -0.4 is 5.90 Å². The van der Waals surface area contributed by atoms with Crippen LogP contribution in [0.15, 0.2) is 0 Å². The molecule has 0 aromatic rings. The van der Waals surface area contributed by atoms with Gasteiger partial charge in [0.05, 0.1) is 13.2 Å². The average molecular weight is 153 g/mol. The molecule has 0 saturated heterocycles. The van der Waals surface area contributed by atoms with Crippen LogP contribution in [0.5, 0.6) is 0 Å². The maximum atomic E-state index is 4.66. The minimum absolute atomic E-state index is 0.184. The number of hydrogen-bond acceptors (Lipinski definition) is 6. The van der Waals surface area contributed by atoms with Gasteiger partial charge in [0.2, 0.25) is 0 Å². The van der Waals surface area contributed by atoms with Gasteiger partial charge >= 0.3 is 0 Å². The van der Waals surface area contributed by atoms with E-state index in [-0.39, 0.29) is 13.2 Å². The Balaban J connectivity index is 2.65. The lowest BCUT2D eigenvalue weighted by atomic mass is 10.8. The fraction of sp³-hybridized carbons (Fsp3) is 1.00. The van der Waals surface area contributed by atoms with Crippen molar-refractivity contribution < 1.29 is 24.7 Å². The van der Waals surface area contributed by atoms with Crippen LogP contribution in [-0.2, 0) is 24.7 Å². The molecule has 6 heteroatoms. The molecule has 0 aromatic carbocycles. The van der Waals surface area contributed by atoms with E-state index >= 15 is 0 Å². The quantitative estimate of drug-likeness (QED) is 0.308. The van der Waals surface area contributed by atoms with Crippen LogP contribution in [0, 0.1) is 0 Å². The van der Waals surface area contributed by atoms with Crippen molar-refractivity contribution in [2.45, 2.75) is 6.92 Å². The molecule has 0 heterocycles. The fourth-order valence-corrected chi connectivity index (χ4v) is 0.204. The minimum atomic E-state index is 0.184. The van der Waals surface area contributed by atoms with Crippen molar-refractivity contribution >= 4 is 0 Å². The highest BCUT2D eigenvalue weighted by Gasteiger charge is 1.88. The zero-order chi connectivity index (χ0) is 7.66. The first kappa shape index (κ1) is 9.76. The summed E-state index contributed by atoms with van der Waals surface area (Å²) in [5.74, 6) is 4.66. The van der Waals surface area contributed by atoms with E-state index in [2.05, 4.69) is 30.6 Å². The van der Waals surface area contributed by atoms with Crippen molar-refractivity contribution in [3.05, 3.63) is 0 Å². The Morgan fingerprint density at radius 1 is 1.10 bits per heavy atom. The maximum absolute atomic E-state index is 4.66. The maximum Gasteiger partial charge on any atom is 0.111 e. The van der Waals surface area contributed by atoms with Crippen LogP contribution in [0.4, 0.5) is 0 Å². The average Bonchev–Trinajstić information content (AvgIpc) is 1.97. The highest BCUT2D eigenvalue weighted by molar-refractivity contribution is 4.14. The Kier molecular flexibility index (Phi) is 8.55. The molecule has 0 bridgehead atoms. The third-order valence-corrected chi connectivity index (χ3v) is 0.526. The molecule has 0 atom stereocenters. The van der Waals surface area contributed by atoms with E-state index < -0.39 is 0 Å². The van der Waals surface area contributed by atoms with E-state index in [4.69, 9.17) is 0 Å². The van der Waals surface area contributed by atoms with Gasteiger partial charge in [-0.1, -0.05) is 0 Å². The lowest BCUT2D eigenvalue weighted by molar-refractivity contribution is -0.633. The summed E-state index contributed by atoms with van der Waals surface area (Å²) in [6.45, 7) is 2.54. The van der Waals surface area contributed by atoms with Crippen molar-refractivity contribution in [2.24, 2.45) is 5.90 Å². The zero-order valence-electron chi connectivity index (χ0n) is 5.74. The molecular formula is C4H11NO5. The Hall–Kier alpha value is -0.240. The second-order valence-electron chi connectivity index (χ2n) is 1.24. The number of nitrogens with two attached hydrogens (primary N) is 1. The molecule has 0 aliphatic carbocycles. The smallest absolute Gasteiger partial charge is 0.111 e. The van der Waals surface area contributed by atoms with E-state index in [1.807, 2.05) is 0 Å². The molecule has 0 fully saturated rings. The van der Waals surface area contributed by atoms with Gasteiger partial charge in [0.1, 0.15) is 6.61 Å². The largest absolute Gasteiger partial charge is 0.302 e. The van der Waals surface area contributed by atoms with E-state index in [0.29, 0.717) is 6.61 Å². The number of hydrogen-bond donors (Lipinski definition) is 1. The topological polar surface area (TPSA) is 72.2 Å². The summed E-state index contributed by atoms with van der Waals surface area (Å²) >= 11 is 0. The first-order chi connectivity index (χ1) is 4.91. The monoisotopic (exact) mass is 153 g/mol. The third kappa shape index (κ3) is 7.76. The van der Waals surface area contributed by atoms with Gasteiger partial charge < -0.3 is 4.84 Å². The van der Waals surface area contributed by atoms with Gasteiger partial charge in [-0.05, 0) is 17.0 Å². The van der Waals surface area contributed by atoms with Gasteiger partial charge in [0, 0.05) is 0 Å². The predicted molar refractivity (Wildman–Crippen MR) is 29.9 cm³/mol. The highest BCUT2D eigenvalue weighted by Crippen LogP contribution is 1.82. The van der Waals surface area contributed by atoms with Crippen LogP contribution in [0.1, 0.15) is 6.92 Å². The normalized spacial score (nSPS) is 10.2. The summed E-state index contributed by atoms with van der Waals surface area (Å²) in [6.07, 6.45) is 0. The highest BCUT2D eigenvalue weighted by atomic mass is 17.7. The summed E-state index contributed by atoms with van der Waals surface area (Å²) in [4.78, 5) is 12.8. The second-order valence-corrected chi connectivity index (χ2v) is 1.24. The molecule has 0 unspecified atom stereocenters. The van der Waals surface area contributed by atoms with E-state index in [1.165, 1.54) is 0 Å². The summed E-state index contributed by atoms with van der Waals surface area (Å²) in [5, 5.41) is 8.03. The predicted octanol–water partition coefficient (Wildman–Crippen LogP) is -0.292. The Bertz CT molecular complexity index is 53.6. The fourth-order valence-electron chi connectivity index (χ4n) is 0.204. The minimum Gasteiger partial charge on any atom is -0.302 e. The lowest BCUT2D eigenvalue weighted by Gasteiger charge is -1.98. The van der Waals surface area contributed by atoms with Gasteiger partial charge in [0.15, 0.2) is 0 Å². The molecule has 2 N–H and O–H groups in total. The molecule has 0 saturated carbocycles. The molecular weight excluding hydrogens is 142 g/mol. The zero-order valence-corrected chi connectivity index (χ0v) is 5.74. The standard InChI is InChI=1S/C4H11NO5/c1-2-7-9-10-8-4-3-6-5/h2-5H2,1H3. The third-order valence-electron chi connectivity index (χ3n) is 0.526. The van der Waals surface area contributed by atoms with Crippen LogP contribution in [0.2, 0.25) is 0 Å². The molecule has 0 aliphatic rings. The molecule has 0 spiro atoms. The van der Waals surface area contributed by atoms with Crippen LogP contribution >= 0.6 is 0 Å². The summed E-state index contributed by atoms with van der Waals surface area (Å²) in [7, 11) is 0. The molecule has 10 heavy (non-hydrogen) atoms. The van der Waals surface area contributed by atoms with Gasteiger partial charge in [-0.15, -0.1) is 0 Å². The van der Waals surface area contributed by atoms with Crippen LogP contribution in [0.3, 0.4) is 0 Å². The summed E-state index contributed by atoms with van der Waals surface area (Å²) in [6, 6.07) is 0. The number of rotatable bonds is 7. The van der Waals surface area contributed by atoms with Gasteiger partial charge in [0.25, 0.3) is 0 Å². The SMILES string of the molecule is CCOOOOCCON. The van der Waals surface area contributed by atoms with Gasteiger partial charge in [-0.25, -0.2) is 15.7 Å². The Labute approximate surface area is 58.5 Å². The Morgan fingerprint density at radius 2 is 1.80 bits per heavy atom. The molecule has 62 valence electrons. The molecule has 6 nitrogen and oxygen atoms in total. The van der Waals surface area contributed by atoms with E-state index in [1.54, 1.807) is 6.92 Å². The van der Waals surface area contributed by atoms with Crippen molar-refractivity contribution in [3.8, 4) is 0 Å². The van der Waals surface area contributed by atoms with E-state index in [9.17, 15) is 0 Å². The van der Waals surface area contributed by atoms with Crippen molar-refractivity contribution in [2.75, 3.05) is 19.8 Å². The molecule has 0 radical (unpaired) electrons. The Morgan fingerprint density at radius 3 is 2.40 bits per heavy atom. The van der Waals surface area contributed by atoms with Crippen molar-refractivity contribution in [1.82, 2.24) is 0 Å². The molecule has 0 amide bonds. The summed E-state index contributed by atoms with van der Waals surface area (Å²) < 4.78 is 0. The van der Waals surface area contributed by atoms with Crippen LogP contribution in [0.25, 0.3) is 0 Å². The van der Waals surface area contributed by atoms with E-state index in [0.717, 1.165) is 0 Å². The molecule has 0 rings (SSSR count). The van der Waals surface area contributed by atoms with Crippen LogP contribution in [-0.4, -0.2) is 19.8 Å². The van der Waals surface area contributed by atoms with Gasteiger partial charge in [-0.3, -0.25) is 0 Å². The van der Waals surface area contributed by atoms with Crippen molar-refractivity contribution in [1.29, 1.82) is 0 Å². The first-order valence-electron chi connectivity index (χ1n) is 2.81. The van der Waals surface area contributed by atoms with Gasteiger partial charge in [-0.2, -0.15) is 0 Å². The molecule has 0 aromatic heterocycles. The first-order valence-corrected chi connectivity index (χ1v) is 2.81.